The van der Waals surface area contributed by atoms with Crippen LogP contribution in [0.15, 0.2) is 49.4 Å². The van der Waals surface area contributed by atoms with E-state index in [1.54, 1.807) is 0 Å². The van der Waals surface area contributed by atoms with Crippen molar-refractivity contribution in [1.29, 1.82) is 0 Å². The average Bonchev–Trinajstić information content (AvgIpc) is 2.73. The number of halogens is 2. The fourth-order valence-corrected chi connectivity index (χ4v) is 2.39. The lowest BCUT2D eigenvalue weighted by atomic mass is 10.1. The molecule has 2 aromatic rings. The number of nitrogens with zero attached hydrogens (tertiary/aromatic N) is 2. The topological polar surface area (TPSA) is 113 Å². The number of carbonyl (C=O) groups excluding carboxylic acids is 2. The largest absolute Gasteiger partial charge is 0.484 e. The van der Waals surface area contributed by atoms with Gasteiger partial charge in [0.15, 0.2) is 6.61 Å². The summed E-state index contributed by atoms with van der Waals surface area (Å²) in [6, 6.07) is 3.27. The van der Waals surface area contributed by atoms with E-state index in [0.717, 1.165) is 6.07 Å². The first-order valence-electron chi connectivity index (χ1n) is 8.61. The van der Waals surface area contributed by atoms with Gasteiger partial charge >= 0.3 is 0 Å². The Morgan fingerprint density at radius 2 is 2.17 bits per heavy atom. The van der Waals surface area contributed by atoms with Crippen LogP contribution in [0.4, 0.5) is 4.39 Å². The first-order valence-corrected chi connectivity index (χ1v) is 8.99. The van der Waals surface area contributed by atoms with Gasteiger partial charge in [0.2, 0.25) is 0 Å². The molecule has 1 aromatic heterocycles. The minimum Gasteiger partial charge on any atom is -0.484 e. The van der Waals surface area contributed by atoms with E-state index in [9.17, 15) is 19.1 Å². The van der Waals surface area contributed by atoms with Gasteiger partial charge in [0.25, 0.3) is 11.8 Å². The molecule has 0 saturated carbocycles. The quantitative estimate of drug-likeness (QED) is 0.500. The molecule has 29 heavy (non-hydrogen) atoms. The van der Waals surface area contributed by atoms with Crippen LogP contribution in [-0.2, 0) is 4.79 Å². The van der Waals surface area contributed by atoms with E-state index in [0.29, 0.717) is 0 Å². The van der Waals surface area contributed by atoms with E-state index in [4.69, 9.17) is 16.3 Å². The molecule has 0 saturated heterocycles. The minimum atomic E-state index is -0.940. The van der Waals surface area contributed by atoms with Gasteiger partial charge in [0.05, 0.1) is 17.3 Å². The molecule has 0 radical (unpaired) electrons. The Hall–Kier alpha value is -3.04. The van der Waals surface area contributed by atoms with Crippen molar-refractivity contribution in [3.05, 3.63) is 66.0 Å². The van der Waals surface area contributed by atoms with Gasteiger partial charge in [-0.2, -0.15) is 0 Å². The van der Waals surface area contributed by atoms with Crippen molar-refractivity contribution >= 4 is 23.4 Å². The van der Waals surface area contributed by atoms with Crippen LogP contribution in [0.3, 0.4) is 0 Å². The van der Waals surface area contributed by atoms with Crippen LogP contribution in [0.25, 0.3) is 0 Å². The van der Waals surface area contributed by atoms with Crippen LogP contribution in [-0.4, -0.2) is 52.2 Å². The Bertz CT molecular complexity index is 853. The Morgan fingerprint density at radius 3 is 2.83 bits per heavy atom. The van der Waals surface area contributed by atoms with E-state index in [1.807, 2.05) is 0 Å². The molecule has 0 spiro atoms. The molecule has 0 bridgehead atoms. The molecule has 10 heteroatoms. The summed E-state index contributed by atoms with van der Waals surface area (Å²) in [5.41, 5.74) is 0.129. The molecule has 8 nitrogen and oxygen atoms in total. The third-order valence-electron chi connectivity index (χ3n) is 3.71. The maximum Gasteiger partial charge on any atom is 0.271 e. The Labute approximate surface area is 171 Å². The van der Waals surface area contributed by atoms with E-state index in [2.05, 4.69) is 27.2 Å². The van der Waals surface area contributed by atoms with Crippen molar-refractivity contribution < 1.29 is 23.8 Å². The molecule has 2 rings (SSSR count). The Balaban J connectivity index is 1.75. The highest BCUT2D eigenvalue weighted by Crippen LogP contribution is 2.20. The molecule has 154 valence electrons. The van der Waals surface area contributed by atoms with Crippen LogP contribution in [0, 0.1) is 5.82 Å². The first kappa shape index (κ1) is 22.3. The maximum atomic E-state index is 13.4. The van der Waals surface area contributed by atoms with E-state index < -0.39 is 29.8 Å². The summed E-state index contributed by atoms with van der Waals surface area (Å²) in [5, 5.41) is 15.2. The Morgan fingerprint density at radius 1 is 1.38 bits per heavy atom. The standard InChI is InChI=1S/C19H20ClFN4O4/c1-2-12(7-13(26)9-24-19(28)17-10-22-5-6-23-17)25-18(27)11-29-14-3-4-15(20)16(21)8-14/h2-6,8,10,12-13,26H,1,7,9,11H2,(H,24,28)(H,25,27). The lowest BCUT2D eigenvalue weighted by Crippen LogP contribution is -2.41. The fourth-order valence-electron chi connectivity index (χ4n) is 2.27. The van der Waals surface area contributed by atoms with Gasteiger partial charge in [0, 0.05) is 31.0 Å². The molecule has 0 fully saturated rings. The molecular weight excluding hydrogens is 403 g/mol. The van der Waals surface area contributed by atoms with Crippen molar-refractivity contribution in [2.75, 3.05) is 13.2 Å². The predicted molar refractivity (Wildman–Crippen MR) is 104 cm³/mol. The molecular formula is C19H20ClFN4O4. The normalized spacial score (nSPS) is 12.5. The van der Waals surface area contributed by atoms with Crippen molar-refractivity contribution in [1.82, 2.24) is 20.6 Å². The smallest absolute Gasteiger partial charge is 0.271 e. The lowest BCUT2D eigenvalue weighted by molar-refractivity contribution is -0.123. The second kappa shape index (κ2) is 11.1. The van der Waals surface area contributed by atoms with Crippen molar-refractivity contribution in [3.63, 3.8) is 0 Å². The highest BCUT2D eigenvalue weighted by atomic mass is 35.5. The van der Waals surface area contributed by atoms with Crippen LogP contribution in [0.5, 0.6) is 5.75 Å². The number of hydrogen-bond donors (Lipinski definition) is 3. The van der Waals surface area contributed by atoms with E-state index in [-0.39, 0.29) is 36.0 Å². The minimum absolute atomic E-state index is 0.0455. The molecule has 2 amide bonds. The predicted octanol–water partition coefficient (Wildman–Crippen LogP) is 1.50. The van der Waals surface area contributed by atoms with Crippen LogP contribution in [0.1, 0.15) is 16.9 Å². The van der Waals surface area contributed by atoms with Crippen molar-refractivity contribution in [2.45, 2.75) is 18.6 Å². The number of ether oxygens (including phenoxy) is 1. The number of aliphatic hydroxyl groups excluding tert-OH is 1. The van der Waals surface area contributed by atoms with Crippen molar-refractivity contribution in [2.24, 2.45) is 0 Å². The summed E-state index contributed by atoms with van der Waals surface area (Å²) in [5.74, 6) is -1.45. The second-order valence-electron chi connectivity index (χ2n) is 5.96. The van der Waals surface area contributed by atoms with Gasteiger partial charge in [-0.3, -0.25) is 14.6 Å². The monoisotopic (exact) mass is 422 g/mol. The molecule has 1 heterocycles. The molecule has 1 aromatic carbocycles. The highest BCUT2D eigenvalue weighted by molar-refractivity contribution is 6.30. The fraction of sp³-hybridized carbons (Fsp3) is 0.263. The maximum absolute atomic E-state index is 13.4. The van der Waals surface area contributed by atoms with Gasteiger partial charge < -0.3 is 20.5 Å². The molecule has 0 aliphatic heterocycles. The molecule has 2 atom stereocenters. The van der Waals surface area contributed by atoms with Gasteiger partial charge in [-0.05, 0) is 18.6 Å². The number of hydrogen-bond acceptors (Lipinski definition) is 6. The zero-order chi connectivity index (χ0) is 21.2. The SMILES string of the molecule is C=CC(CC(O)CNC(=O)c1cnccn1)NC(=O)COc1ccc(Cl)c(F)c1. The zero-order valence-corrected chi connectivity index (χ0v) is 16.1. The van der Waals surface area contributed by atoms with Gasteiger partial charge in [-0.25, -0.2) is 9.37 Å². The number of rotatable bonds is 10. The Kier molecular flexibility index (Phi) is 8.50. The number of amides is 2. The third kappa shape index (κ3) is 7.47. The third-order valence-corrected chi connectivity index (χ3v) is 4.02. The first-order chi connectivity index (χ1) is 13.9. The number of benzene rings is 1. The molecule has 0 aliphatic rings. The lowest BCUT2D eigenvalue weighted by Gasteiger charge is -2.19. The highest BCUT2D eigenvalue weighted by Gasteiger charge is 2.16. The van der Waals surface area contributed by atoms with Gasteiger partial charge in [-0.1, -0.05) is 17.7 Å². The second-order valence-corrected chi connectivity index (χ2v) is 6.37. The molecule has 3 N–H and O–H groups in total. The zero-order valence-electron chi connectivity index (χ0n) is 15.3. The average molecular weight is 423 g/mol. The summed E-state index contributed by atoms with van der Waals surface area (Å²) in [6.07, 6.45) is 4.76. The van der Waals surface area contributed by atoms with Crippen LogP contribution >= 0.6 is 11.6 Å². The number of nitrogens with one attached hydrogen (secondary N) is 2. The summed E-state index contributed by atoms with van der Waals surface area (Å²) in [4.78, 5) is 31.5. The number of carbonyl (C=O) groups is 2. The van der Waals surface area contributed by atoms with Crippen LogP contribution in [0.2, 0.25) is 5.02 Å². The van der Waals surface area contributed by atoms with Gasteiger partial charge in [0.1, 0.15) is 17.3 Å². The van der Waals surface area contributed by atoms with E-state index in [1.165, 1.54) is 36.8 Å². The summed E-state index contributed by atoms with van der Waals surface area (Å²) >= 11 is 5.58. The van der Waals surface area contributed by atoms with Gasteiger partial charge in [-0.15, -0.1) is 6.58 Å². The molecule has 2 unspecified atom stereocenters. The van der Waals surface area contributed by atoms with E-state index >= 15 is 0 Å². The summed E-state index contributed by atoms with van der Waals surface area (Å²) in [6.45, 7) is 3.21. The summed E-state index contributed by atoms with van der Waals surface area (Å²) < 4.78 is 18.6. The number of aliphatic hydroxyl groups is 1. The van der Waals surface area contributed by atoms with Crippen molar-refractivity contribution in [3.8, 4) is 5.75 Å². The molecule has 0 aliphatic carbocycles. The summed E-state index contributed by atoms with van der Waals surface area (Å²) in [7, 11) is 0. The number of aromatic nitrogens is 2. The van der Waals surface area contributed by atoms with Crippen LogP contribution < -0.4 is 15.4 Å².